The van der Waals surface area contributed by atoms with Gasteiger partial charge in [0.05, 0.1) is 22.6 Å². The molecule has 0 saturated carbocycles. The second kappa shape index (κ2) is 8.70. The minimum Gasteiger partial charge on any atom is -0.461 e. The van der Waals surface area contributed by atoms with Gasteiger partial charge in [-0.25, -0.2) is 4.98 Å². The molecule has 12 heteroatoms. The van der Waals surface area contributed by atoms with E-state index >= 15 is 0 Å². The molecule has 7 nitrogen and oxygen atoms in total. The van der Waals surface area contributed by atoms with Gasteiger partial charge in [-0.3, -0.25) is 9.36 Å². The molecule has 1 amide bonds. The van der Waals surface area contributed by atoms with Crippen LogP contribution in [-0.4, -0.2) is 31.4 Å². The van der Waals surface area contributed by atoms with Crippen LogP contribution in [0.15, 0.2) is 52.9 Å². The molecule has 0 aromatic carbocycles. The number of furan rings is 1. The second-order valence-corrected chi connectivity index (χ2v) is 6.92. The molecule has 0 spiro atoms. The van der Waals surface area contributed by atoms with Crippen molar-refractivity contribution in [2.24, 2.45) is 0 Å². The number of amides is 1. The summed E-state index contributed by atoms with van der Waals surface area (Å²) in [6.45, 7) is 4.07. The number of hydrogen-bond donors (Lipinski definition) is 1. The number of alkyl halides is 3. The summed E-state index contributed by atoms with van der Waals surface area (Å²) < 4.78 is 45.0. The molecule has 29 heavy (non-hydrogen) atoms. The summed E-state index contributed by atoms with van der Waals surface area (Å²) in [5, 5.41) is 10.6. The molecule has 1 N–H and O–H groups in total. The van der Waals surface area contributed by atoms with E-state index in [1.807, 2.05) is 0 Å². The van der Waals surface area contributed by atoms with Crippen LogP contribution >= 0.6 is 23.4 Å². The number of aromatic nitrogens is 4. The fraction of sp³-hybridized carbons (Fsp3) is 0.176. The van der Waals surface area contributed by atoms with Crippen LogP contribution in [0.4, 0.5) is 19.0 Å². The maximum absolute atomic E-state index is 12.7. The Kier molecular flexibility index (Phi) is 6.28. The molecule has 3 aromatic heterocycles. The molecule has 0 atom stereocenters. The Bertz CT molecular complexity index is 1020. The summed E-state index contributed by atoms with van der Waals surface area (Å²) in [7, 11) is 0. The standard InChI is InChI=1S/C17H13ClF3N5O2S/c1-2-5-26-15(12-4-3-6-28-12)24-25-16(26)29-9-13(27)23-14-11(18)7-10(8-22-14)17(19,20)21/h2-4,6-8H,1,5,9H2,(H,22,23,27). The second-order valence-electron chi connectivity index (χ2n) is 5.57. The third-order valence-electron chi connectivity index (χ3n) is 3.53. The maximum atomic E-state index is 12.7. The summed E-state index contributed by atoms with van der Waals surface area (Å²) in [4.78, 5) is 15.7. The zero-order valence-corrected chi connectivity index (χ0v) is 16.2. The van der Waals surface area contributed by atoms with Crippen LogP contribution in [0, 0.1) is 0 Å². The molecular weight excluding hydrogens is 431 g/mol. The van der Waals surface area contributed by atoms with Crippen LogP contribution in [-0.2, 0) is 17.5 Å². The normalized spacial score (nSPS) is 11.4. The van der Waals surface area contributed by atoms with Crippen molar-refractivity contribution in [2.45, 2.75) is 17.9 Å². The first-order valence-corrected chi connectivity index (χ1v) is 9.39. The Balaban J connectivity index is 1.68. The summed E-state index contributed by atoms with van der Waals surface area (Å²) >= 11 is 6.87. The van der Waals surface area contributed by atoms with Crippen LogP contribution in [0.1, 0.15) is 5.56 Å². The maximum Gasteiger partial charge on any atom is 0.417 e. The Morgan fingerprint density at radius 3 is 2.83 bits per heavy atom. The van der Waals surface area contributed by atoms with Crippen molar-refractivity contribution in [1.82, 2.24) is 19.7 Å². The molecule has 0 fully saturated rings. The van der Waals surface area contributed by atoms with Crippen molar-refractivity contribution < 1.29 is 22.4 Å². The first kappa shape index (κ1) is 20.9. The molecular formula is C17H13ClF3N5O2S. The van der Waals surface area contributed by atoms with Gasteiger partial charge in [0.2, 0.25) is 11.7 Å². The van der Waals surface area contributed by atoms with Crippen LogP contribution in [0.3, 0.4) is 0 Å². The summed E-state index contributed by atoms with van der Waals surface area (Å²) in [5.74, 6) is 0.222. The van der Waals surface area contributed by atoms with Crippen LogP contribution < -0.4 is 5.32 Å². The van der Waals surface area contributed by atoms with E-state index in [1.54, 1.807) is 22.8 Å². The van der Waals surface area contributed by atoms with Crippen molar-refractivity contribution in [3.05, 3.63) is 53.9 Å². The zero-order chi connectivity index (χ0) is 21.0. The fourth-order valence-electron chi connectivity index (χ4n) is 2.26. The van der Waals surface area contributed by atoms with E-state index in [9.17, 15) is 18.0 Å². The monoisotopic (exact) mass is 443 g/mol. The highest BCUT2D eigenvalue weighted by Gasteiger charge is 2.31. The van der Waals surface area contributed by atoms with Gasteiger partial charge in [0.1, 0.15) is 0 Å². The quantitative estimate of drug-likeness (QED) is 0.427. The third kappa shape index (κ3) is 4.98. The van der Waals surface area contributed by atoms with Crippen LogP contribution in [0.25, 0.3) is 11.6 Å². The first-order chi connectivity index (χ1) is 13.8. The van der Waals surface area contributed by atoms with Gasteiger partial charge in [-0.2, -0.15) is 13.2 Å². The van der Waals surface area contributed by atoms with Gasteiger partial charge in [-0.15, -0.1) is 16.8 Å². The summed E-state index contributed by atoms with van der Waals surface area (Å²) in [6.07, 6.45) is -0.823. The predicted octanol–water partition coefficient (Wildman–Crippen LogP) is 4.52. The van der Waals surface area contributed by atoms with Crippen LogP contribution in [0.5, 0.6) is 0 Å². The van der Waals surface area contributed by atoms with E-state index in [-0.39, 0.29) is 16.6 Å². The summed E-state index contributed by atoms with van der Waals surface area (Å²) in [6, 6.07) is 4.14. The molecule has 3 heterocycles. The van der Waals surface area contributed by atoms with Gasteiger partial charge >= 0.3 is 6.18 Å². The lowest BCUT2D eigenvalue weighted by Gasteiger charge is -2.10. The number of hydrogen-bond acceptors (Lipinski definition) is 6. The fourth-order valence-corrected chi connectivity index (χ4v) is 3.22. The molecule has 3 rings (SSSR count). The highest BCUT2D eigenvalue weighted by atomic mass is 35.5. The van der Waals surface area contributed by atoms with E-state index in [1.165, 1.54) is 6.26 Å². The number of nitrogens with zero attached hydrogens (tertiary/aromatic N) is 4. The molecule has 0 aliphatic heterocycles. The Hall–Kier alpha value is -2.79. The molecule has 0 saturated heterocycles. The molecule has 0 aliphatic carbocycles. The highest BCUT2D eigenvalue weighted by Crippen LogP contribution is 2.32. The van der Waals surface area contributed by atoms with Crippen molar-refractivity contribution >= 4 is 35.1 Å². The highest BCUT2D eigenvalue weighted by molar-refractivity contribution is 7.99. The Morgan fingerprint density at radius 2 is 2.21 bits per heavy atom. The predicted molar refractivity (Wildman–Crippen MR) is 102 cm³/mol. The van der Waals surface area contributed by atoms with E-state index in [0.29, 0.717) is 35.5 Å². The smallest absolute Gasteiger partial charge is 0.417 e. The Labute approximate surface area is 172 Å². The topological polar surface area (TPSA) is 85.8 Å². The lowest BCUT2D eigenvalue weighted by molar-refractivity contribution is -0.137. The van der Waals surface area contributed by atoms with E-state index < -0.39 is 17.6 Å². The van der Waals surface area contributed by atoms with Crippen LogP contribution in [0.2, 0.25) is 5.02 Å². The van der Waals surface area contributed by atoms with Gasteiger partial charge in [0.25, 0.3) is 0 Å². The largest absolute Gasteiger partial charge is 0.461 e. The van der Waals surface area contributed by atoms with E-state index in [0.717, 1.165) is 11.8 Å². The average molecular weight is 444 g/mol. The number of carbonyl (C=O) groups is 1. The lowest BCUT2D eigenvalue weighted by Crippen LogP contribution is -2.16. The van der Waals surface area contributed by atoms with Gasteiger partial charge < -0.3 is 9.73 Å². The minimum absolute atomic E-state index is 0.0908. The number of halogens is 4. The summed E-state index contributed by atoms with van der Waals surface area (Å²) in [5.41, 5.74) is -1.00. The number of thioether (sulfide) groups is 1. The minimum atomic E-state index is -4.57. The molecule has 0 unspecified atom stereocenters. The number of rotatable bonds is 7. The van der Waals surface area contributed by atoms with E-state index in [2.05, 4.69) is 27.1 Å². The van der Waals surface area contributed by atoms with Crippen molar-refractivity contribution in [1.29, 1.82) is 0 Å². The molecule has 3 aromatic rings. The number of nitrogens with one attached hydrogen (secondary N) is 1. The zero-order valence-electron chi connectivity index (χ0n) is 14.6. The first-order valence-electron chi connectivity index (χ1n) is 8.03. The molecule has 0 bridgehead atoms. The van der Waals surface area contributed by atoms with Crippen molar-refractivity contribution in [2.75, 3.05) is 11.1 Å². The van der Waals surface area contributed by atoms with Crippen molar-refractivity contribution in [3.8, 4) is 11.6 Å². The number of anilines is 1. The number of pyridine rings is 1. The van der Waals surface area contributed by atoms with Gasteiger partial charge in [-0.1, -0.05) is 29.4 Å². The molecule has 0 aliphatic rings. The average Bonchev–Trinajstić information content (AvgIpc) is 3.31. The molecule has 0 radical (unpaired) electrons. The number of carbonyl (C=O) groups excluding carboxylic acids is 1. The van der Waals surface area contributed by atoms with Gasteiger partial charge in [0, 0.05) is 12.7 Å². The lowest BCUT2D eigenvalue weighted by atomic mass is 10.3. The van der Waals surface area contributed by atoms with Gasteiger partial charge in [-0.05, 0) is 18.2 Å². The molecule has 152 valence electrons. The van der Waals surface area contributed by atoms with E-state index in [4.69, 9.17) is 16.0 Å². The SMILES string of the molecule is C=CCn1c(SCC(=O)Nc2ncc(C(F)(F)F)cc2Cl)nnc1-c1ccco1. The van der Waals surface area contributed by atoms with Gasteiger partial charge in [0.15, 0.2) is 16.7 Å². The third-order valence-corrected chi connectivity index (χ3v) is 4.78. The van der Waals surface area contributed by atoms with Crippen molar-refractivity contribution in [3.63, 3.8) is 0 Å². The number of allylic oxidation sites excluding steroid dienone is 1. The Morgan fingerprint density at radius 1 is 1.41 bits per heavy atom.